The normalized spacial score (nSPS) is 20.5. The van der Waals surface area contributed by atoms with Crippen molar-refractivity contribution in [2.75, 3.05) is 0 Å². The molecule has 2 aromatic rings. The third-order valence-corrected chi connectivity index (χ3v) is 4.83. The van der Waals surface area contributed by atoms with Crippen LogP contribution >= 0.6 is 0 Å². The summed E-state index contributed by atoms with van der Waals surface area (Å²) in [5, 5.41) is 0. The van der Waals surface area contributed by atoms with Crippen LogP contribution < -0.4 is 5.48 Å². The Balaban J connectivity index is 0.00000225. The van der Waals surface area contributed by atoms with Gasteiger partial charge in [-0.3, -0.25) is 9.63 Å². The number of benzene rings is 2. The molecule has 2 atom stereocenters. The summed E-state index contributed by atoms with van der Waals surface area (Å²) in [5.74, 6) is 1.24. The molecule has 0 spiro atoms. The molecular weight excluding hydrogens is 298 g/mol. The minimum atomic E-state index is -0.200. The third-order valence-electron chi connectivity index (χ3n) is 4.83. The van der Waals surface area contributed by atoms with Crippen molar-refractivity contribution < 1.29 is 11.1 Å². The van der Waals surface area contributed by atoms with Crippen molar-refractivity contribution in [3.8, 4) is 0 Å². The molecule has 0 heterocycles. The lowest BCUT2D eigenvalue weighted by Gasteiger charge is -2.27. The topological polar surface area (TPSA) is 38.3 Å². The van der Waals surface area contributed by atoms with Crippen molar-refractivity contribution in [2.45, 2.75) is 45.1 Å². The van der Waals surface area contributed by atoms with Crippen molar-refractivity contribution in [1.29, 1.82) is 0 Å². The molecule has 2 aromatic carbocycles. The molecule has 1 N–H and O–H groups in total. The lowest BCUT2D eigenvalue weighted by atomic mass is 9.79. The average molecular weight is 325 g/mol. The maximum atomic E-state index is 12.1. The molecule has 128 valence electrons. The number of carbonyl (C=O) groups is 1. The molecule has 0 aliphatic heterocycles. The lowest BCUT2D eigenvalue weighted by molar-refractivity contribution is 0.0233. The quantitative estimate of drug-likeness (QED) is 0.778. The molecule has 1 saturated carbocycles. The number of rotatable bonds is 5. The van der Waals surface area contributed by atoms with E-state index in [2.05, 4.69) is 24.5 Å². The highest BCUT2D eigenvalue weighted by Crippen LogP contribution is 2.35. The summed E-state index contributed by atoms with van der Waals surface area (Å²) in [7, 11) is 0. The van der Waals surface area contributed by atoms with Gasteiger partial charge in [-0.1, -0.05) is 62.2 Å². The van der Waals surface area contributed by atoms with Gasteiger partial charge in [-0.2, -0.15) is 0 Å². The molecule has 0 bridgehead atoms. The zero-order valence-electron chi connectivity index (χ0n) is 14.2. The van der Waals surface area contributed by atoms with Crippen molar-refractivity contribution >= 4 is 5.91 Å². The largest absolute Gasteiger partial charge is 0.274 e. The molecule has 1 aliphatic rings. The summed E-state index contributed by atoms with van der Waals surface area (Å²) in [5.41, 5.74) is 5.53. The van der Waals surface area contributed by atoms with Crippen molar-refractivity contribution in [1.82, 2.24) is 5.48 Å². The average Bonchev–Trinajstić information content (AvgIpc) is 2.63. The fourth-order valence-corrected chi connectivity index (χ4v) is 3.46. The summed E-state index contributed by atoms with van der Waals surface area (Å²) in [6.45, 7) is 2.70. The molecule has 1 aliphatic carbocycles. The Hall–Kier alpha value is -2.13. The minimum Gasteiger partial charge on any atom is -0.269 e. The van der Waals surface area contributed by atoms with E-state index in [-0.39, 0.29) is 7.33 Å². The Bertz CT molecular complexity index is 657. The highest BCUT2D eigenvalue weighted by atomic mass is 16.6. The van der Waals surface area contributed by atoms with Crippen molar-refractivity contribution in [3.05, 3.63) is 71.3 Å². The van der Waals surface area contributed by atoms with Gasteiger partial charge < -0.3 is 0 Å². The van der Waals surface area contributed by atoms with Crippen LogP contribution in [0.1, 0.15) is 61.4 Å². The van der Waals surface area contributed by atoms with E-state index in [0.717, 1.165) is 11.5 Å². The predicted octanol–water partition coefficient (Wildman–Crippen LogP) is 5.09. The highest BCUT2D eigenvalue weighted by molar-refractivity contribution is 5.93. The van der Waals surface area contributed by atoms with E-state index in [1.807, 2.05) is 42.5 Å². The van der Waals surface area contributed by atoms with Crippen LogP contribution in [-0.4, -0.2) is 5.91 Å². The van der Waals surface area contributed by atoms with Crippen LogP contribution in [0, 0.1) is 5.92 Å². The first-order valence-corrected chi connectivity index (χ1v) is 8.78. The van der Waals surface area contributed by atoms with Gasteiger partial charge in [-0.15, -0.1) is 0 Å². The van der Waals surface area contributed by atoms with Gasteiger partial charge in [0.15, 0.2) is 0 Å². The molecule has 24 heavy (non-hydrogen) atoms. The molecule has 0 radical (unpaired) electrons. The van der Waals surface area contributed by atoms with E-state index in [9.17, 15) is 4.79 Å². The van der Waals surface area contributed by atoms with E-state index >= 15 is 0 Å². The fraction of sp³-hybridized carbons (Fsp3) is 0.381. The molecule has 1 amide bonds. The Kier molecular flexibility index (Phi) is 5.65. The first-order valence-electron chi connectivity index (χ1n) is 8.78. The van der Waals surface area contributed by atoms with Crippen molar-refractivity contribution in [3.63, 3.8) is 0 Å². The molecule has 0 saturated heterocycles. The number of hydroxylamine groups is 1. The number of carbonyl (C=O) groups excluding carboxylic acids is 1. The summed E-state index contributed by atoms with van der Waals surface area (Å²) < 4.78 is 0. The molecule has 0 aromatic heterocycles. The van der Waals surface area contributed by atoms with E-state index in [1.54, 1.807) is 0 Å². The second kappa shape index (κ2) is 8.11. The van der Waals surface area contributed by atoms with Gasteiger partial charge in [0.05, 0.1) is 6.61 Å². The van der Waals surface area contributed by atoms with Gasteiger partial charge in [0.25, 0.3) is 5.91 Å². The first-order chi connectivity index (χ1) is 11.7. The zero-order chi connectivity index (χ0) is 16.8. The van der Waals surface area contributed by atoms with Crippen LogP contribution in [0.2, 0.25) is 0 Å². The van der Waals surface area contributed by atoms with Crippen LogP contribution in [0.5, 0.6) is 0 Å². The number of hydrogen-bond donors (Lipinski definition) is 1. The molecular formula is C21H27NO2. The summed E-state index contributed by atoms with van der Waals surface area (Å²) in [4.78, 5) is 17.4. The van der Waals surface area contributed by atoms with Crippen molar-refractivity contribution in [2.24, 2.45) is 5.92 Å². The van der Waals surface area contributed by atoms with Crippen LogP contribution in [0.3, 0.4) is 0 Å². The Morgan fingerprint density at radius 1 is 1.12 bits per heavy atom. The molecule has 2 unspecified atom stereocenters. The Morgan fingerprint density at radius 3 is 2.58 bits per heavy atom. The van der Waals surface area contributed by atoms with Gasteiger partial charge in [0.2, 0.25) is 0 Å². The first kappa shape index (κ1) is 16.7. The van der Waals surface area contributed by atoms with Gasteiger partial charge >= 0.3 is 0 Å². The van der Waals surface area contributed by atoms with Crippen LogP contribution in [0.15, 0.2) is 54.6 Å². The fourth-order valence-electron chi connectivity index (χ4n) is 3.46. The number of hydrogen-bond acceptors (Lipinski definition) is 2. The van der Waals surface area contributed by atoms with E-state index < -0.39 is 0 Å². The smallest absolute Gasteiger partial charge is 0.269 e. The molecule has 1 fully saturated rings. The van der Waals surface area contributed by atoms with E-state index in [1.165, 1.54) is 31.2 Å². The maximum Gasteiger partial charge on any atom is 0.274 e. The van der Waals surface area contributed by atoms with Crippen LogP contribution in [0.25, 0.3) is 0 Å². The summed E-state index contributed by atoms with van der Waals surface area (Å²) >= 11 is 0. The lowest BCUT2D eigenvalue weighted by Crippen LogP contribution is -2.23. The predicted molar refractivity (Wildman–Crippen MR) is 97.6 cm³/mol. The Labute approximate surface area is 145 Å². The standard InChI is InChI=1S/C21H25NO2.H2/c1-16-6-5-9-20(14-16)18-10-12-19(13-11-18)21(23)22-24-15-17-7-3-2-4-8-17;/h2-4,7-8,10-13,16,20H,5-6,9,14-15H2,1H3,(H,22,23);1H. The maximum absolute atomic E-state index is 12.1. The second-order valence-corrected chi connectivity index (χ2v) is 6.80. The van der Waals surface area contributed by atoms with Crippen LogP contribution in [0.4, 0.5) is 0 Å². The monoisotopic (exact) mass is 325 g/mol. The zero-order valence-corrected chi connectivity index (χ0v) is 14.2. The van der Waals surface area contributed by atoms with Gasteiger partial charge in [-0.05, 0) is 47.9 Å². The minimum absolute atomic E-state index is 0. The van der Waals surface area contributed by atoms with Gasteiger partial charge in [0.1, 0.15) is 0 Å². The van der Waals surface area contributed by atoms with Gasteiger partial charge in [0, 0.05) is 6.99 Å². The van der Waals surface area contributed by atoms with E-state index in [0.29, 0.717) is 18.1 Å². The number of nitrogens with one attached hydrogen (secondary N) is 1. The molecule has 3 rings (SSSR count). The highest BCUT2D eigenvalue weighted by Gasteiger charge is 2.20. The van der Waals surface area contributed by atoms with Crippen LogP contribution in [-0.2, 0) is 11.4 Å². The van der Waals surface area contributed by atoms with Gasteiger partial charge in [-0.25, -0.2) is 5.48 Å². The molecule has 3 nitrogen and oxygen atoms in total. The Morgan fingerprint density at radius 2 is 1.88 bits per heavy atom. The summed E-state index contributed by atoms with van der Waals surface area (Å²) in [6, 6.07) is 17.8. The molecule has 3 heteroatoms. The SMILES string of the molecule is CC1CCCC(c2ccc(C(=O)NOCc3ccccc3)cc2)C1.[HH]. The second-order valence-electron chi connectivity index (χ2n) is 6.80. The summed E-state index contributed by atoms with van der Waals surface area (Å²) in [6.07, 6.45) is 5.17. The number of amides is 1. The van der Waals surface area contributed by atoms with E-state index in [4.69, 9.17) is 4.84 Å². The third kappa shape index (κ3) is 4.45.